The van der Waals surface area contributed by atoms with Gasteiger partial charge in [0.25, 0.3) is 5.91 Å². The van der Waals surface area contributed by atoms with Gasteiger partial charge >= 0.3 is 5.97 Å². The number of hydrogen-bond acceptors (Lipinski definition) is 6. The highest BCUT2D eigenvalue weighted by atomic mass is 16.5. The van der Waals surface area contributed by atoms with Crippen LogP contribution in [0.2, 0.25) is 0 Å². The number of fused-ring (bicyclic) bond motifs is 3. The molecule has 0 saturated carbocycles. The molecule has 2 aromatic heterocycles. The zero-order valence-electron chi connectivity index (χ0n) is 16.9. The van der Waals surface area contributed by atoms with Gasteiger partial charge in [0.2, 0.25) is 0 Å². The molecule has 0 bridgehead atoms. The van der Waals surface area contributed by atoms with Crippen LogP contribution in [0, 0.1) is 0 Å². The van der Waals surface area contributed by atoms with Gasteiger partial charge in [-0.25, -0.2) is 9.50 Å². The van der Waals surface area contributed by atoms with E-state index in [9.17, 15) is 9.59 Å². The molecule has 5 rings (SSSR count). The molecule has 154 valence electrons. The van der Waals surface area contributed by atoms with Crippen LogP contribution in [0.1, 0.15) is 41.4 Å². The van der Waals surface area contributed by atoms with E-state index < -0.39 is 0 Å². The lowest BCUT2D eigenvalue weighted by Crippen LogP contribution is -2.35. The van der Waals surface area contributed by atoms with Crippen molar-refractivity contribution >= 4 is 23.3 Å². The van der Waals surface area contributed by atoms with Crippen molar-refractivity contribution in [1.29, 1.82) is 0 Å². The first-order valence-electron chi connectivity index (χ1n) is 10.3. The van der Waals surface area contributed by atoms with E-state index >= 15 is 0 Å². The van der Waals surface area contributed by atoms with Crippen molar-refractivity contribution in [2.75, 3.05) is 24.5 Å². The van der Waals surface area contributed by atoms with Crippen molar-refractivity contribution in [3.05, 3.63) is 53.3 Å². The molecule has 1 saturated heterocycles. The average Bonchev–Trinajstić information content (AvgIpc) is 3.40. The highest BCUT2D eigenvalue weighted by Crippen LogP contribution is 2.26. The smallest absolute Gasteiger partial charge is 0.308 e. The predicted octanol–water partition coefficient (Wildman–Crippen LogP) is 2.45. The maximum absolute atomic E-state index is 13.0. The van der Waals surface area contributed by atoms with E-state index in [2.05, 4.69) is 10.00 Å². The summed E-state index contributed by atoms with van der Waals surface area (Å²) in [6, 6.07) is 8.68. The summed E-state index contributed by atoms with van der Waals surface area (Å²) in [6.45, 7) is 4.52. The van der Waals surface area contributed by atoms with Crippen molar-refractivity contribution in [3.8, 4) is 5.75 Å². The van der Waals surface area contributed by atoms with E-state index in [4.69, 9.17) is 9.72 Å². The Kier molecular flexibility index (Phi) is 4.61. The largest absolute Gasteiger partial charge is 0.427 e. The second kappa shape index (κ2) is 7.44. The van der Waals surface area contributed by atoms with Gasteiger partial charge in [-0.15, -0.1) is 0 Å². The second-order valence-electron chi connectivity index (χ2n) is 7.77. The second-order valence-corrected chi connectivity index (χ2v) is 7.77. The van der Waals surface area contributed by atoms with E-state index in [-0.39, 0.29) is 11.9 Å². The maximum atomic E-state index is 13.0. The van der Waals surface area contributed by atoms with Gasteiger partial charge in [0.15, 0.2) is 5.65 Å². The average molecular weight is 405 g/mol. The van der Waals surface area contributed by atoms with Gasteiger partial charge in [0.05, 0.1) is 12.2 Å². The van der Waals surface area contributed by atoms with Gasteiger partial charge in [-0.3, -0.25) is 9.59 Å². The lowest BCUT2D eigenvalue weighted by atomic mass is 10.1. The van der Waals surface area contributed by atoms with Gasteiger partial charge < -0.3 is 14.5 Å². The summed E-state index contributed by atoms with van der Waals surface area (Å²) in [5.74, 6) is 0.977. The zero-order valence-corrected chi connectivity index (χ0v) is 16.9. The van der Waals surface area contributed by atoms with E-state index in [1.54, 1.807) is 24.3 Å². The molecule has 1 amide bonds. The Morgan fingerprint density at radius 1 is 1.03 bits per heavy atom. The summed E-state index contributed by atoms with van der Waals surface area (Å²) < 4.78 is 6.87. The number of benzene rings is 1. The van der Waals surface area contributed by atoms with Crippen LogP contribution in [0.3, 0.4) is 0 Å². The van der Waals surface area contributed by atoms with Crippen LogP contribution in [0.25, 0.3) is 5.65 Å². The van der Waals surface area contributed by atoms with E-state index in [0.29, 0.717) is 30.8 Å². The SMILES string of the molecule is CC(=O)Oc1ccc(C(=O)N2CCc3nn4ccc(N5CCCC5)nc4c3C2)cc1. The Morgan fingerprint density at radius 3 is 2.53 bits per heavy atom. The van der Waals surface area contributed by atoms with Gasteiger partial charge in [-0.2, -0.15) is 5.10 Å². The number of hydrogen-bond donors (Lipinski definition) is 0. The molecule has 8 heteroatoms. The minimum atomic E-state index is -0.383. The maximum Gasteiger partial charge on any atom is 0.308 e. The molecule has 0 N–H and O–H groups in total. The summed E-state index contributed by atoms with van der Waals surface area (Å²) in [6.07, 6.45) is 5.06. The van der Waals surface area contributed by atoms with Gasteiger partial charge in [0, 0.05) is 50.3 Å². The van der Waals surface area contributed by atoms with Crippen LogP contribution in [0.5, 0.6) is 5.75 Å². The molecule has 4 heterocycles. The first kappa shape index (κ1) is 18.6. The van der Waals surface area contributed by atoms with Crippen molar-refractivity contribution in [1.82, 2.24) is 19.5 Å². The summed E-state index contributed by atoms with van der Waals surface area (Å²) in [4.78, 5) is 33.1. The van der Waals surface area contributed by atoms with Crippen molar-refractivity contribution in [3.63, 3.8) is 0 Å². The highest BCUT2D eigenvalue weighted by Gasteiger charge is 2.27. The van der Waals surface area contributed by atoms with Gasteiger partial charge in [-0.1, -0.05) is 0 Å². The van der Waals surface area contributed by atoms with E-state index in [0.717, 1.165) is 35.8 Å². The number of esters is 1. The molecule has 1 aromatic carbocycles. The Morgan fingerprint density at radius 2 is 1.80 bits per heavy atom. The number of rotatable bonds is 3. The Bertz CT molecular complexity index is 1120. The minimum absolute atomic E-state index is 0.0509. The number of anilines is 1. The molecule has 1 fully saturated rings. The molecule has 0 spiro atoms. The van der Waals surface area contributed by atoms with Crippen molar-refractivity contribution in [2.24, 2.45) is 0 Å². The number of aromatic nitrogens is 3. The first-order chi connectivity index (χ1) is 14.6. The fourth-order valence-electron chi connectivity index (χ4n) is 4.19. The molecular weight excluding hydrogens is 382 g/mol. The van der Waals surface area contributed by atoms with Crippen molar-refractivity contribution in [2.45, 2.75) is 32.7 Å². The molecule has 0 radical (unpaired) electrons. The summed E-state index contributed by atoms with van der Waals surface area (Å²) >= 11 is 0. The number of ether oxygens (including phenoxy) is 1. The fraction of sp³-hybridized carbons (Fsp3) is 0.364. The zero-order chi connectivity index (χ0) is 20.7. The summed E-state index contributed by atoms with van der Waals surface area (Å²) in [7, 11) is 0. The van der Waals surface area contributed by atoms with E-state index in [1.165, 1.54) is 19.8 Å². The Balaban J connectivity index is 1.39. The monoisotopic (exact) mass is 405 g/mol. The Hall–Kier alpha value is -3.42. The molecule has 0 atom stereocenters. The summed E-state index contributed by atoms with van der Waals surface area (Å²) in [5.41, 5.74) is 3.43. The van der Waals surface area contributed by atoms with Crippen LogP contribution in [-0.4, -0.2) is 51.0 Å². The highest BCUT2D eigenvalue weighted by molar-refractivity contribution is 5.94. The number of nitrogens with zero attached hydrogens (tertiary/aromatic N) is 5. The molecule has 30 heavy (non-hydrogen) atoms. The van der Waals surface area contributed by atoms with Crippen LogP contribution < -0.4 is 9.64 Å². The quantitative estimate of drug-likeness (QED) is 0.492. The number of amides is 1. The topological polar surface area (TPSA) is 80.0 Å². The van der Waals surface area contributed by atoms with Gasteiger partial charge in [-0.05, 0) is 43.2 Å². The lowest BCUT2D eigenvalue weighted by molar-refractivity contribution is -0.131. The standard InChI is InChI=1S/C22H23N5O3/c1-15(28)30-17-6-4-16(5-7-17)22(29)26-12-8-19-18(14-26)21-23-20(9-13-27(21)24-19)25-10-2-3-11-25/h4-7,9,13H,2-3,8,10-12,14H2,1H3. The van der Waals surface area contributed by atoms with Crippen molar-refractivity contribution < 1.29 is 14.3 Å². The molecule has 0 aliphatic carbocycles. The Labute approximate surface area is 174 Å². The minimum Gasteiger partial charge on any atom is -0.427 e. The summed E-state index contributed by atoms with van der Waals surface area (Å²) in [5, 5.41) is 4.68. The predicted molar refractivity (Wildman–Crippen MR) is 111 cm³/mol. The van der Waals surface area contributed by atoms with Crippen LogP contribution >= 0.6 is 0 Å². The van der Waals surface area contributed by atoms with Crippen LogP contribution in [0.4, 0.5) is 5.82 Å². The third-order valence-corrected chi connectivity index (χ3v) is 5.70. The van der Waals surface area contributed by atoms with E-state index in [1.807, 2.05) is 21.7 Å². The molecule has 0 unspecified atom stereocenters. The third kappa shape index (κ3) is 3.38. The number of carbonyl (C=O) groups is 2. The normalized spacial score (nSPS) is 16.0. The molecular formula is C22H23N5O3. The third-order valence-electron chi connectivity index (χ3n) is 5.70. The fourth-order valence-corrected chi connectivity index (χ4v) is 4.19. The van der Waals surface area contributed by atoms with Crippen LogP contribution in [0.15, 0.2) is 36.5 Å². The van der Waals surface area contributed by atoms with Crippen LogP contribution in [-0.2, 0) is 17.8 Å². The first-order valence-corrected chi connectivity index (χ1v) is 10.3. The molecule has 2 aliphatic rings. The lowest BCUT2D eigenvalue weighted by Gasteiger charge is -2.26. The molecule has 2 aliphatic heterocycles. The molecule has 3 aromatic rings. The molecule has 8 nitrogen and oxygen atoms in total. The van der Waals surface area contributed by atoms with Gasteiger partial charge in [0.1, 0.15) is 11.6 Å². The number of carbonyl (C=O) groups excluding carboxylic acids is 2.